The summed E-state index contributed by atoms with van der Waals surface area (Å²) in [6, 6.07) is 15.8. The van der Waals surface area contributed by atoms with Crippen molar-refractivity contribution in [3.8, 4) is 11.8 Å². The Bertz CT molecular complexity index is 1410. The summed E-state index contributed by atoms with van der Waals surface area (Å²) in [7, 11) is 0. The summed E-state index contributed by atoms with van der Waals surface area (Å²) >= 11 is 3.43. The maximum atomic E-state index is 12.6. The molecule has 0 spiro atoms. The molecular formula is C33H43BrN6O5. The van der Waals surface area contributed by atoms with Gasteiger partial charge in [-0.1, -0.05) is 40.2 Å². The zero-order valence-electron chi connectivity index (χ0n) is 26.5. The third-order valence-corrected chi connectivity index (χ3v) is 7.44. The molecule has 12 heteroatoms. The molecule has 0 unspecified atom stereocenters. The highest BCUT2D eigenvalue weighted by atomic mass is 79.9. The molecule has 1 aromatic heterocycles. The number of ether oxygens (including phenoxy) is 3. The Labute approximate surface area is 273 Å². The van der Waals surface area contributed by atoms with Crippen molar-refractivity contribution in [2.75, 3.05) is 37.0 Å². The van der Waals surface area contributed by atoms with E-state index in [1.165, 1.54) is 0 Å². The highest BCUT2D eigenvalue weighted by Gasteiger charge is 2.45. The van der Waals surface area contributed by atoms with E-state index in [1.807, 2.05) is 52.0 Å². The number of alkyl halides is 1. The van der Waals surface area contributed by atoms with Crippen LogP contribution >= 0.6 is 15.9 Å². The van der Waals surface area contributed by atoms with Gasteiger partial charge in [-0.25, -0.2) is 4.79 Å². The Balaban J connectivity index is 1.32. The number of carbonyl (C=O) groups excluding carboxylic acids is 2. The molecule has 0 radical (unpaired) electrons. The van der Waals surface area contributed by atoms with E-state index in [2.05, 4.69) is 54.0 Å². The van der Waals surface area contributed by atoms with Gasteiger partial charge in [-0.2, -0.15) is 15.0 Å². The van der Waals surface area contributed by atoms with Crippen LogP contribution in [-0.2, 0) is 16.7 Å². The molecule has 0 saturated heterocycles. The predicted molar refractivity (Wildman–Crippen MR) is 176 cm³/mol. The average Bonchev–Trinajstić information content (AvgIpc) is 3.77. The molecule has 3 aromatic rings. The van der Waals surface area contributed by atoms with Gasteiger partial charge in [0, 0.05) is 30.4 Å². The summed E-state index contributed by atoms with van der Waals surface area (Å²) in [6.07, 6.45) is 3.44. The monoisotopic (exact) mass is 682 g/mol. The minimum atomic E-state index is -0.547. The number of nitrogens with one attached hydrogen (secondary N) is 3. The number of alkyl carbamates (subject to hydrolysis) is 1. The van der Waals surface area contributed by atoms with Gasteiger partial charge in [0.1, 0.15) is 17.2 Å². The molecule has 1 heterocycles. The van der Waals surface area contributed by atoms with Crippen LogP contribution in [0.25, 0.3) is 0 Å². The zero-order chi connectivity index (χ0) is 32.3. The molecule has 242 valence electrons. The summed E-state index contributed by atoms with van der Waals surface area (Å²) in [5, 5.41) is 10.0. The van der Waals surface area contributed by atoms with Crippen molar-refractivity contribution in [3.63, 3.8) is 0 Å². The van der Waals surface area contributed by atoms with Crippen LogP contribution in [0.4, 0.5) is 10.7 Å². The van der Waals surface area contributed by atoms with Crippen molar-refractivity contribution in [2.24, 2.45) is 0 Å². The Morgan fingerprint density at radius 2 is 1.62 bits per heavy atom. The van der Waals surface area contributed by atoms with E-state index < -0.39 is 11.7 Å². The molecular weight excluding hydrogens is 640 g/mol. The van der Waals surface area contributed by atoms with E-state index in [4.69, 9.17) is 19.2 Å². The third kappa shape index (κ3) is 10.9. The lowest BCUT2D eigenvalue weighted by Crippen LogP contribution is -2.34. The van der Waals surface area contributed by atoms with Gasteiger partial charge in [0.2, 0.25) is 5.95 Å². The fourth-order valence-corrected chi connectivity index (χ4v) is 4.75. The minimum absolute atomic E-state index is 0.183. The number of hydrogen-bond donors (Lipinski definition) is 3. The van der Waals surface area contributed by atoms with Gasteiger partial charge < -0.3 is 30.2 Å². The average molecular weight is 684 g/mol. The molecule has 1 aliphatic rings. The highest BCUT2D eigenvalue weighted by Crippen LogP contribution is 2.48. The van der Waals surface area contributed by atoms with Gasteiger partial charge >= 0.3 is 12.1 Å². The van der Waals surface area contributed by atoms with Gasteiger partial charge in [0.05, 0.1) is 18.8 Å². The van der Waals surface area contributed by atoms with E-state index in [-0.39, 0.29) is 17.5 Å². The number of nitrogens with zero attached hydrogens (tertiary/aromatic N) is 3. The van der Waals surface area contributed by atoms with Gasteiger partial charge in [0.15, 0.2) is 0 Å². The number of rotatable bonds is 16. The normalized spacial score (nSPS) is 13.4. The molecule has 2 amide bonds. The predicted octanol–water partition coefficient (Wildman–Crippen LogP) is 5.77. The van der Waals surface area contributed by atoms with E-state index in [0.29, 0.717) is 56.5 Å². The molecule has 1 fully saturated rings. The Morgan fingerprint density at radius 3 is 2.27 bits per heavy atom. The van der Waals surface area contributed by atoms with Crippen LogP contribution in [0.1, 0.15) is 80.7 Å². The largest absolute Gasteiger partial charge is 0.494 e. The fraction of sp³-hybridized carbons (Fsp3) is 0.485. The first-order chi connectivity index (χ1) is 21.6. The van der Waals surface area contributed by atoms with Gasteiger partial charge in [0.25, 0.3) is 5.91 Å². The van der Waals surface area contributed by atoms with E-state index >= 15 is 0 Å². The van der Waals surface area contributed by atoms with Crippen molar-refractivity contribution < 1.29 is 23.8 Å². The number of hydrogen-bond acceptors (Lipinski definition) is 9. The second-order valence-electron chi connectivity index (χ2n) is 11.8. The van der Waals surface area contributed by atoms with E-state index in [9.17, 15) is 9.59 Å². The third-order valence-electron chi connectivity index (χ3n) is 6.88. The fourth-order valence-electron chi connectivity index (χ4n) is 4.52. The Morgan fingerprint density at radius 1 is 0.911 bits per heavy atom. The summed E-state index contributed by atoms with van der Waals surface area (Å²) in [6.45, 7) is 9.26. The maximum Gasteiger partial charge on any atom is 0.407 e. The van der Waals surface area contributed by atoms with Crippen molar-refractivity contribution in [1.82, 2.24) is 25.6 Å². The Kier molecular flexibility index (Phi) is 12.0. The minimum Gasteiger partial charge on any atom is -0.494 e. The Hall–Kier alpha value is -3.93. The summed E-state index contributed by atoms with van der Waals surface area (Å²) in [5.41, 5.74) is 1.86. The van der Waals surface area contributed by atoms with Gasteiger partial charge in [-0.3, -0.25) is 4.79 Å². The van der Waals surface area contributed by atoms with Gasteiger partial charge in [-0.15, -0.1) is 0 Å². The van der Waals surface area contributed by atoms with Crippen LogP contribution in [0.5, 0.6) is 11.8 Å². The number of anilines is 1. The lowest BCUT2D eigenvalue weighted by Gasteiger charge is -2.19. The number of amides is 2. The van der Waals surface area contributed by atoms with Crippen LogP contribution in [-0.4, -0.2) is 64.2 Å². The smallest absolute Gasteiger partial charge is 0.407 e. The van der Waals surface area contributed by atoms with E-state index in [1.54, 1.807) is 12.1 Å². The zero-order valence-corrected chi connectivity index (χ0v) is 28.0. The SMILES string of the molecule is CCOc1nc(Cc2ccc(C(=O)NCCCNC(=O)OC(C)(C)C)cc2)nc(NC2(c3ccc(OCCCBr)cc3)CC2)n1. The molecule has 3 N–H and O–H groups in total. The molecule has 1 aliphatic carbocycles. The van der Waals surface area contributed by atoms with Crippen LogP contribution < -0.4 is 25.4 Å². The molecule has 45 heavy (non-hydrogen) atoms. The highest BCUT2D eigenvalue weighted by molar-refractivity contribution is 9.09. The molecule has 0 aliphatic heterocycles. The van der Waals surface area contributed by atoms with E-state index in [0.717, 1.165) is 41.5 Å². The van der Waals surface area contributed by atoms with Crippen LogP contribution in [0, 0.1) is 0 Å². The molecule has 1 saturated carbocycles. The van der Waals surface area contributed by atoms with Crippen molar-refractivity contribution in [1.29, 1.82) is 0 Å². The lowest BCUT2D eigenvalue weighted by molar-refractivity contribution is 0.0527. The van der Waals surface area contributed by atoms with Crippen molar-refractivity contribution in [3.05, 3.63) is 71.0 Å². The second kappa shape index (κ2) is 15.9. The first-order valence-electron chi connectivity index (χ1n) is 15.4. The first-order valence-corrected chi connectivity index (χ1v) is 16.5. The van der Waals surface area contributed by atoms with Crippen molar-refractivity contribution in [2.45, 2.75) is 70.9 Å². The molecule has 0 bridgehead atoms. The molecule has 0 atom stereocenters. The number of benzene rings is 2. The molecule has 2 aromatic carbocycles. The first kappa shape index (κ1) is 34.0. The lowest BCUT2D eigenvalue weighted by atomic mass is 10.1. The van der Waals surface area contributed by atoms with Crippen LogP contribution in [0.2, 0.25) is 0 Å². The number of halogens is 1. The molecule has 4 rings (SSSR count). The number of aromatic nitrogens is 3. The molecule has 11 nitrogen and oxygen atoms in total. The van der Waals surface area contributed by atoms with Crippen LogP contribution in [0.3, 0.4) is 0 Å². The summed E-state index contributed by atoms with van der Waals surface area (Å²) in [4.78, 5) is 38.1. The number of carbonyl (C=O) groups is 2. The summed E-state index contributed by atoms with van der Waals surface area (Å²) in [5.74, 6) is 1.71. The summed E-state index contributed by atoms with van der Waals surface area (Å²) < 4.78 is 16.7. The quantitative estimate of drug-likeness (QED) is 0.127. The van der Waals surface area contributed by atoms with Crippen LogP contribution in [0.15, 0.2) is 48.5 Å². The second-order valence-corrected chi connectivity index (χ2v) is 12.6. The topological polar surface area (TPSA) is 137 Å². The standard InChI is InChI=1S/C33H43BrN6O5/c1-5-43-30-38-27(37-29(39-30)40-33(16-17-33)25-12-14-26(15-13-25)44-21-6-18-34)22-23-8-10-24(11-9-23)28(41)35-19-7-20-36-31(42)45-32(2,3)4/h8-15H,5-7,16-22H2,1-4H3,(H,35,41)(H,36,42)(H,37,38,39,40). The maximum absolute atomic E-state index is 12.6. The van der Waals surface area contributed by atoms with Gasteiger partial charge in [-0.05, 0) is 88.8 Å². The van der Waals surface area contributed by atoms with Crippen molar-refractivity contribution >= 4 is 33.9 Å².